The number of nitrogens with two attached hydrogens (primary N) is 1. The number of aromatic nitrogens is 2. The van der Waals surface area contributed by atoms with Crippen molar-refractivity contribution in [1.29, 1.82) is 0 Å². The number of methoxy groups -OCH3 is 2. The fourth-order valence-electron chi connectivity index (χ4n) is 2.77. The van der Waals surface area contributed by atoms with Crippen LogP contribution in [0, 0.1) is 0 Å². The van der Waals surface area contributed by atoms with Crippen LogP contribution >= 0.6 is 0 Å². The van der Waals surface area contributed by atoms with Crippen molar-refractivity contribution >= 4 is 22.3 Å². The van der Waals surface area contributed by atoms with Crippen molar-refractivity contribution in [1.82, 2.24) is 9.97 Å². The van der Waals surface area contributed by atoms with Crippen LogP contribution in [0.15, 0.2) is 48.8 Å². The van der Waals surface area contributed by atoms with Gasteiger partial charge >= 0.3 is 0 Å². The summed E-state index contributed by atoms with van der Waals surface area (Å²) in [6, 6.07) is 14.0. The lowest BCUT2D eigenvalue weighted by atomic mass is 10.1. The van der Waals surface area contributed by atoms with Crippen LogP contribution in [0.4, 0.5) is 11.5 Å². The number of anilines is 2. The second kappa shape index (κ2) is 9.16. The van der Waals surface area contributed by atoms with E-state index in [9.17, 15) is 0 Å². The predicted octanol–water partition coefficient (Wildman–Crippen LogP) is 3.10. The Hall–Kier alpha value is -2.90. The highest BCUT2D eigenvalue weighted by Gasteiger charge is 2.16. The zero-order chi connectivity index (χ0) is 19.1. The first-order valence-corrected chi connectivity index (χ1v) is 8.73. The Kier molecular flexibility index (Phi) is 6.40. The van der Waals surface area contributed by atoms with Crippen LogP contribution in [0.3, 0.4) is 0 Å². The van der Waals surface area contributed by atoms with Gasteiger partial charge in [0, 0.05) is 27.3 Å². The molecule has 0 unspecified atom stereocenters. The molecule has 0 amide bonds. The summed E-state index contributed by atoms with van der Waals surface area (Å²) < 4.78 is 16.3. The van der Waals surface area contributed by atoms with E-state index in [1.807, 2.05) is 41.3 Å². The van der Waals surface area contributed by atoms with Crippen LogP contribution in [0.2, 0.25) is 0 Å². The highest BCUT2D eigenvalue weighted by molar-refractivity contribution is 5.83. The van der Waals surface area contributed by atoms with E-state index in [1.165, 1.54) is 6.33 Å². The van der Waals surface area contributed by atoms with Gasteiger partial charge in [0.15, 0.2) is 5.82 Å². The van der Waals surface area contributed by atoms with Gasteiger partial charge in [-0.15, -0.1) is 0 Å². The molecule has 27 heavy (non-hydrogen) atoms. The van der Waals surface area contributed by atoms with Crippen molar-refractivity contribution in [3.8, 4) is 11.6 Å². The van der Waals surface area contributed by atoms with Crippen LogP contribution in [0.1, 0.15) is 0 Å². The van der Waals surface area contributed by atoms with E-state index in [0.717, 1.165) is 10.8 Å². The Morgan fingerprint density at radius 1 is 0.926 bits per heavy atom. The number of nitrogen functional groups attached to an aromatic ring is 1. The molecule has 0 aliphatic carbocycles. The van der Waals surface area contributed by atoms with Gasteiger partial charge in [-0.2, -0.15) is 4.98 Å². The first-order valence-electron chi connectivity index (χ1n) is 8.73. The van der Waals surface area contributed by atoms with Gasteiger partial charge in [-0.25, -0.2) is 4.98 Å². The Labute approximate surface area is 158 Å². The lowest BCUT2D eigenvalue weighted by Gasteiger charge is -2.24. The molecule has 0 atom stereocenters. The van der Waals surface area contributed by atoms with Crippen LogP contribution in [0.5, 0.6) is 11.6 Å². The van der Waals surface area contributed by atoms with Gasteiger partial charge in [-0.3, -0.25) is 0 Å². The minimum Gasteiger partial charge on any atom is -0.437 e. The molecule has 1 heterocycles. The summed E-state index contributed by atoms with van der Waals surface area (Å²) in [5.41, 5.74) is 6.70. The number of hydrogen-bond acceptors (Lipinski definition) is 7. The maximum atomic E-state index is 6.31. The molecule has 0 fully saturated rings. The van der Waals surface area contributed by atoms with Crippen molar-refractivity contribution in [3.63, 3.8) is 0 Å². The standard InChI is InChI=1S/C20H24N4O3/c1-25-11-9-24(10-12-26-2)19-18(21)20(23-14-22-19)27-17-8-7-15-5-3-4-6-16(15)13-17/h3-8,13-14H,9-12,21H2,1-2H3. The molecular weight excluding hydrogens is 344 g/mol. The number of benzene rings is 2. The summed E-state index contributed by atoms with van der Waals surface area (Å²) in [6.07, 6.45) is 1.45. The fourth-order valence-corrected chi connectivity index (χ4v) is 2.77. The predicted molar refractivity (Wildman–Crippen MR) is 106 cm³/mol. The zero-order valence-electron chi connectivity index (χ0n) is 15.6. The van der Waals surface area contributed by atoms with E-state index in [2.05, 4.69) is 16.0 Å². The quantitative estimate of drug-likeness (QED) is 0.621. The molecule has 0 aliphatic rings. The van der Waals surface area contributed by atoms with Gasteiger partial charge in [0.25, 0.3) is 0 Å². The molecular formula is C20H24N4O3. The molecule has 3 aromatic rings. The number of rotatable bonds is 9. The van der Waals surface area contributed by atoms with Crippen molar-refractivity contribution in [2.75, 3.05) is 51.2 Å². The van der Waals surface area contributed by atoms with Gasteiger partial charge in [0.05, 0.1) is 13.2 Å². The molecule has 2 aromatic carbocycles. The van der Waals surface area contributed by atoms with E-state index in [0.29, 0.717) is 49.4 Å². The Bertz CT molecular complexity index is 880. The molecule has 0 bridgehead atoms. The van der Waals surface area contributed by atoms with Crippen molar-refractivity contribution in [2.24, 2.45) is 0 Å². The second-order valence-corrected chi connectivity index (χ2v) is 6.00. The Balaban J connectivity index is 1.85. The summed E-state index contributed by atoms with van der Waals surface area (Å²) in [5, 5.41) is 2.23. The van der Waals surface area contributed by atoms with Crippen molar-refractivity contribution < 1.29 is 14.2 Å². The number of hydrogen-bond donors (Lipinski definition) is 1. The minimum atomic E-state index is 0.329. The Morgan fingerprint density at radius 3 is 2.33 bits per heavy atom. The monoisotopic (exact) mass is 368 g/mol. The maximum Gasteiger partial charge on any atom is 0.248 e. The van der Waals surface area contributed by atoms with E-state index < -0.39 is 0 Å². The van der Waals surface area contributed by atoms with Crippen LogP contribution < -0.4 is 15.4 Å². The lowest BCUT2D eigenvalue weighted by molar-refractivity contribution is 0.190. The SMILES string of the molecule is COCCN(CCOC)c1ncnc(Oc2ccc3ccccc3c2)c1N. The third-order valence-electron chi connectivity index (χ3n) is 4.19. The number of nitrogens with zero attached hydrogens (tertiary/aromatic N) is 3. The van der Waals surface area contributed by atoms with Crippen LogP contribution in [-0.2, 0) is 9.47 Å². The van der Waals surface area contributed by atoms with Crippen LogP contribution in [0.25, 0.3) is 10.8 Å². The van der Waals surface area contributed by atoms with Gasteiger partial charge in [-0.1, -0.05) is 30.3 Å². The zero-order valence-corrected chi connectivity index (χ0v) is 15.6. The first kappa shape index (κ1) is 18.9. The van der Waals surface area contributed by atoms with Crippen LogP contribution in [-0.4, -0.2) is 50.5 Å². The molecule has 7 nitrogen and oxygen atoms in total. The van der Waals surface area contributed by atoms with Gasteiger partial charge in [-0.05, 0) is 22.9 Å². The molecule has 142 valence electrons. The first-order chi connectivity index (χ1) is 13.2. The topological polar surface area (TPSA) is 82.7 Å². The second-order valence-electron chi connectivity index (χ2n) is 6.00. The van der Waals surface area contributed by atoms with E-state index >= 15 is 0 Å². The Morgan fingerprint density at radius 2 is 1.63 bits per heavy atom. The van der Waals surface area contributed by atoms with Crippen molar-refractivity contribution in [2.45, 2.75) is 0 Å². The average molecular weight is 368 g/mol. The summed E-state index contributed by atoms with van der Waals surface area (Å²) in [4.78, 5) is 10.5. The molecule has 0 spiro atoms. The summed E-state index contributed by atoms with van der Waals surface area (Å²) in [7, 11) is 3.32. The molecule has 0 saturated heterocycles. The average Bonchev–Trinajstić information content (AvgIpc) is 2.70. The van der Waals surface area contributed by atoms with Gasteiger partial charge in [0.1, 0.15) is 17.8 Å². The minimum absolute atomic E-state index is 0.329. The summed E-state index contributed by atoms with van der Waals surface area (Å²) in [5.74, 6) is 1.61. The molecule has 0 radical (unpaired) electrons. The summed E-state index contributed by atoms with van der Waals surface area (Å²) >= 11 is 0. The van der Waals surface area contributed by atoms with Gasteiger partial charge < -0.3 is 24.8 Å². The fraction of sp³-hybridized carbons (Fsp3) is 0.300. The third-order valence-corrected chi connectivity index (χ3v) is 4.19. The number of ether oxygens (including phenoxy) is 3. The third kappa shape index (κ3) is 4.64. The van der Waals surface area contributed by atoms with E-state index in [1.54, 1.807) is 14.2 Å². The maximum absolute atomic E-state index is 6.31. The van der Waals surface area contributed by atoms with E-state index in [-0.39, 0.29) is 0 Å². The molecule has 7 heteroatoms. The highest BCUT2D eigenvalue weighted by atomic mass is 16.5. The summed E-state index contributed by atoms with van der Waals surface area (Å²) in [6.45, 7) is 2.37. The molecule has 3 rings (SSSR count). The van der Waals surface area contributed by atoms with Gasteiger partial charge in [0.2, 0.25) is 5.88 Å². The molecule has 2 N–H and O–H groups in total. The molecule has 0 saturated carbocycles. The smallest absolute Gasteiger partial charge is 0.248 e. The lowest BCUT2D eigenvalue weighted by Crippen LogP contribution is -2.32. The van der Waals surface area contributed by atoms with E-state index in [4.69, 9.17) is 19.9 Å². The molecule has 1 aromatic heterocycles. The largest absolute Gasteiger partial charge is 0.437 e. The normalized spacial score (nSPS) is 10.9. The molecule has 0 aliphatic heterocycles. The number of fused-ring (bicyclic) bond motifs is 1. The van der Waals surface area contributed by atoms with Crippen molar-refractivity contribution in [3.05, 3.63) is 48.8 Å². The highest BCUT2D eigenvalue weighted by Crippen LogP contribution is 2.32.